The van der Waals surface area contributed by atoms with Gasteiger partial charge >= 0.3 is 7.12 Å². The Morgan fingerprint density at radius 3 is 1.94 bits per heavy atom. The lowest BCUT2D eigenvalue weighted by Gasteiger charge is -2.17. The maximum atomic E-state index is 8.93. The molecule has 2 N–H and O–H groups in total. The molecule has 0 aromatic heterocycles. The molecule has 0 spiro atoms. The van der Waals surface area contributed by atoms with Gasteiger partial charge in [0.05, 0.1) is 0 Å². The van der Waals surface area contributed by atoms with E-state index >= 15 is 0 Å². The van der Waals surface area contributed by atoms with E-state index in [2.05, 4.69) is 18.7 Å². The largest absolute Gasteiger partial charge is 0.488 e. The van der Waals surface area contributed by atoms with Crippen LogP contribution in [-0.2, 0) is 6.54 Å². The maximum absolute atomic E-state index is 8.93. The monoisotopic (exact) mass is 243 g/mol. The molecule has 1 rings (SSSR count). The predicted molar refractivity (Wildman–Crippen MR) is 70.1 cm³/mol. The predicted octanol–water partition coefficient (Wildman–Crippen LogP) is 0.630. The van der Waals surface area contributed by atoms with Crippen molar-refractivity contribution in [1.29, 1.82) is 0 Å². The summed E-state index contributed by atoms with van der Waals surface area (Å²) in [7, 11) is -1.37. The van der Waals surface area contributed by atoms with Gasteiger partial charge in [0.25, 0.3) is 0 Å². The van der Waals surface area contributed by atoms with Gasteiger partial charge in [-0.25, -0.2) is 0 Å². The fourth-order valence-corrected chi connectivity index (χ4v) is 1.50. The molecule has 0 saturated heterocycles. The molecule has 0 aliphatic rings. The quantitative estimate of drug-likeness (QED) is 0.746. The lowest BCUT2D eigenvalue weighted by molar-refractivity contribution is 0.296. The smallest absolute Gasteiger partial charge is 0.423 e. The van der Waals surface area contributed by atoms with Gasteiger partial charge in [0.2, 0.25) is 0 Å². The van der Waals surface area contributed by atoms with Crippen molar-refractivity contribution in [2.75, 3.05) is 13.1 Å². The zero-order valence-corrected chi connectivity index (χ0v) is 10.6. The maximum Gasteiger partial charge on any atom is 0.488 e. The zero-order valence-electron chi connectivity index (χ0n) is 9.76. The first-order valence-corrected chi connectivity index (χ1v) is 5.34. The van der Waals surface area contributed by atoms with Gasteiger partial charge in [-0.2, -0.15) is 0 Å². The first-order chi connectivity index (χ1) is 7.17. The van der Waals surface area contributed by atoms with E-state index in [1.165, 1.54) is 5.56 Å². The standard InChI is InChI=1S/C11H18BNO2.ClH/c1-3-13(4-2)9-10-5-7-11(8-6-10)12(14)15;/h5-8,14-15H,3-4,9H2,1-2H3;1H. The van der Waals surface area contributed by atoms with Crippen molar-refractivity contribution in [3.8, 4) is 0 Å². The van der Waals surface area contributed by atoms with E-state index in [-0.39, 0.29) is 12.4 Å². The zero-order chi connectivity index (χ0) is 11.3. The van der Waals surface area contributed by atoms with Crippen LogP contribution in [0, 0.1) is 0 Å². The molecule has 0 unspecified atom stereocenters. The summed E-state index contributed by atoms with van der Waals surface area (Å²) < 4.78 is 0. The van der Waals surface area contributed by atoms with Crippen LogP contribution < -0.4 is 5.46 Å². The highest BCUT2D eigenvalue weighted by Gasteiger charge is 2.10. The Morgan fingerprint density at radius 1 is 1.06 bits per heavy atom. The summed E-state index contributed by atoms with van der Waals surface area (Å²) in [5.74, 6) is 0. The molecule has 0 radical (unpaired) electrons. The minimum atomic E-state index is -1.37. The van der Waals surface area contributed by atoms with Gasteiger partial charge < -0.3 is 10.0 Å². The molecule has 3 nitrogen and oxygen atoms in total. The second kappa shape index (κ2) is 7.68. The molecule has 0 heterocycles. The molecule has 90 valence electrons. The third-order valence-corrected chi connectivity index (χ3v) is 2.58. The van der Waals surface area contributed by atoms with Crippen molar-refractivity contribution in [1.82, 2.24) is 4.90 Å². The third kappa shape index (κ3) is 4.53. The summed E-state index contributed by atoms with van der Waals surface area (Å²) in [6, 6.07) is 7.38. The van der Waals surface area contributed by atoms with Crippen molar-refractivity contribution >= 4 is 25.0 Å². The van der Waals surface area contributed by atoms with E-state index in [1.807, 2.05) is 12.1 Å². The molecule has 0 aliphatic carbocycles. The Labute approximate surface area is 104 Å². The molecule has 1 aromatic rings. The summed E-state index contributed by atoms with van der Waals surface area (Å²) >= 11 is 0. The second-order valence-corrected chi connectivity index (χ2v) is 3.58. The number of benzene rings is 1. The van der Waals surface area contributed by atoms with Gasteiger partial charge in [-0.15, -0.1) is 12.4 Å². The molecule has 0 bridgehead atoms. The van der Waals surface area contributed by atoms with Crippen LogP contribution >= 0.6 is 12.4 Å². The first kappa shape index (κ1) is 15.5. The number of nitrogens with zero attached hydrogens (tertiary/aromatic N) is 1. The average Bonchev–Trinajstić information content (AvgIpc) is 2.26. The SMILES string of the molecule is CCN(CC)Cc1ccc(B(O)O)cc1.Cl. The molecular weight excluding hydrogens is 224 g/mol. The molecular formula is C11H19BClNO2. The highest BCUT2D eigenvalue weighted by atomic mass is 35.5. The van der Waals surface area contributed by atoms with Crippen LogP contribution in [-0.4, -0.2) is 35.2 Å². The molecule has 0 aliphatic heterocycles. The van der Waals surface area contributed by atoms with Gasteiger partial charge in [0.15, 0.2) is 0 Å². The summed E-state index contributed by atoms with van der Waals surface area (Å²) in [5.41, 5.74) is 1.74. The van der Waals surface area contributed by atoms with E-state index in [0.717, 1.165) is 19.6 Å². The van der Waals surface area contributed by atoms with Crippen LogP contribution in [0.2, 0.25) is 0 Å². The number of hydrogen-bond donors (Lipinski definition) is 2. The third-order valence-electron chi connectivity index (χ3n) is 2.58. The molecule has 0 saturated carbocycles. The van der Waals surface area contributed by atoms with Crippen molar-refractivity contribution in [2.45, 2.75) is 20.4 Å². The van der Waals surface area contributed by atoms with Gasteiger partial charge in [-0.3, -0.25) is 4.90 Å². The minimum Gasteiger partial charge on any atom is -0.423 e. The summed E-state index contributed by atoms with van der Waals surface area (Å²) in [6.45, 7) is 7.24. The summed E-state index contributed by atoms with van der Waals surface area (Å²) in [6.07, 6.45) is 0. The number of halogens is 1. The van der Waals surface area contributed by atoms with Gasteiger partial charge in [-0.1, -0.05) is 38.1 Å². The topological polar surface area (TPSA) is 43.7 Å². The van der Waals surface area contributed by atoms with Crippen LogP contribution in [0.15, 0.2) is 24.3 Å². The lowest BCUT2D eigenvalue weighted by atomic mass is 9.80. The van der Waals surface area contributed by atoms with E-state index in [0.29, 0.717) is 5.46 Å². The molecule has 0 fully saturated rings. The van der Waals surface area contributed by atoms with Crippen LogP contribution in [0.4, 0.5) is 0 Å². The Balaban J connectivity index is 0.00000225. The van der Waals surface area contributed by atoms with Crippen molar-refractivity contribution in [3.63, 3.8) is 0 Å². The summed E-state index contributed by atoms with van der Waals surface area (Å²) in [5, 5.41) is 17.9. The van der Waals surface area contributed by atoms with Crippen LogP contribution in [0.5, 0.6) is 0 Å². The number of hydrogen-bond acceptors (Lipinski definition) is 3. The van der Waals surface area contributed by atoms with E-state index in [4.69, 9.17) is 10.0 Å². The van der Waals surface area contributed by atoms with E-state index in [1.54, 1.807) is 12.1 Å². The molecule has 0 atom stereocenters. The van der Waals surface area contributed by atoms with Crippen LogP contribution in [0.3, 0.4) is 0 Å². The Kier molecular flexibility index (Phi) is 7.42. The van der Waals surface area contributed by atoms with Gasteiger partial charge in [-0.05, 0) is 24.1 Å². The number of rotatable bonds is 5. The fraction of sp³-hybridized carbons (Fsp3) is 0.455. The molecule has 5 heteroatoms. The van der Waals surface area contributed by atoms with Gasteiger partial charge in [0, 0.05) is 6.54 Å². The van der Waals surface area contributed by atoms with Crippen molar-refractivity contribution in [3.05, 3.63) is 29.8 Å². The minimum absolute atomic E-state index is 0. The second-order valence-electron chi connectivity index (χ2n) is 3.58. The van der Waals surface area contributed by atoms with Gasteiger partial charge in [0.1, 0.15) is 0 Å². The summed E-state index contributed by atoms with van der Waals surface area (Å²) in [4.78, 5) is 2.31. The first-order valence-electron chi connectivity index (χ1n) is 5.34. The Bertz CT molecular complexity index is 289. The average molecular weight is 244 g/mol. The lowest BCUT2D eigenvalue weighted by Crippen LogP contribution is -2.29. The Hall–Kier alpha value is -0.545. The fourth-order valence-electron chi connectivity index (χ4n) is 1.50. The van der Waals surface area contributed by atoms with Crippen LogP contribution in [0.1, 0.15) is 19.4 Å². The van der Waals surface area contributed by atoms with Crippen LogP contribution in [0.25, 0.3) is 0 Å². The molecule has 1 aromatic carbocycles. The molecule has 16 heavy (non-hydrogen) atoms. The normalized spacial score (nSPS) is 10.1. The van der Waals surface area contributed by atoms with E-state index in [9.17, 15) is 0 Å². The Morgan fingerprint density at radius 2 is 1.56 bits per heavy atom. The molecule has 0 amide bonds. The van der Waals surface area contributed by atoms with E-state index < -0.39 is 7.12 Å². The van der Waals surface area contributed by atoms with Crippen molar-refractivity contribution < 1.29 is 10.0 Å². The highest BCUT2D eigenvalue weighted by molar-refractivity contribution is 6.58. The highest BCUT2D eigenvalue weighted by Crippen LogP contribution is 2.02. The van der Waals surface area contributed by atoms with Crippen molar-refractivity contribution in [2.24, 2.45) is 0 Å².